The van der Waals surface area contributed by atoms with Gasteiger partial charge in [0.25, 0.3) is 0 Å². The lowest BCUT2D eigenvalue weighted by atomic mass is 10.0. The maximum absolute atomic E-state index is 12.6. The van der Waals surface area contributed by atoms with E-state index in [9.17, 15) is 14.9 Å². The molecule has 0 aliphatic heterocycles. The van der Waals surface area contributed by atoms with Crippen molar-refractivity contribution in [2.75, 3.05) is 7.11 Å². The molecule has 0 fully saturated rings. The third kappa shape index (κ3) is 4.47. The van der Waals surface area contributed by atoms with Gasteiger partial charge in [-0.1, -0.05) is 41.9 Å². The minimum atomic E-state index is -0.706. The number of hydrogen-bond donors (Lipinski definition) is 0. The molecule has 0 heterocycles. The molecule has 0 saturated heterocycles. The maximum Gasteiger partial charge on any atom is 0.343 e. The van der Waals surface area contributed by atoms with Crippen molar-refractivity contribution in [3.05, 3.63) is 98.6 Å². The average molecular weight is 398 g/mol. The van der Waals surface area contributed by atoms with E-state index in [0.29, 0.717) is 17.2 Å². The van der Waals surface area contributed by atoms with Gasteiger partial charge in [-0.05, 0) is 35.9 Å². The van der Waals surface area contributed by atoms with Gasteiger partial charge < -0.3 is 9.47 Å². The molecule has 0 spiro atoms. The zero-order valence-corrected chi connectivity index (χ0v) is 15.7. The van der Waals surface area contributed by atoms with Gasteiger partial charge in [0.1, 0.15) is 5.75 Å². The number of halogens is 1. The zero-order chi connectivity index (χ0) is 20.1. The van der Waals surface area contributed by atoms with E-state index >= 15 is 0 Å². The third-order valence-electron chi connectivity index (χ3n) is 4.07. The molecule has 0 unspecified atom stereocenters. The fraction of sp³-hybridized carbons (Fsp3) is 0.0952. The molecule has 0 radical (unpaired) electrons. The van der Waals surface area contributed by atoms with E-state index in [0.717, 1.165) is 17.2 Å². The van der Waals surface area contributed by atoms with E-state index in [4.69, 9.17) is 21.1 Å². The molecule has 0 atom stereocenters. The summed E-state index contributed by atoms with van der Waals surface area (Å²) in [6, 6.07) is 18.5. The molecule has 7 heteroatoms. The molecule has 0 N–H and O–H groups in total. The van der Waals surface area contributed by atoms with Gasteiger partial charge in [-0.15, -0.1) is 0 Å². The fourth-order valence-corrected chi connectivity index (χ4v) is 2.91. The van der Waals surface area contributed by atoms with Crippen LogP contribution in [0.3, 0.4) is 0 Å². The Morgan fingerprint density at radius 1 is 1.04 bits per heavy atom. The fourth-order valence-electron chi connectivity index (χ4n) is 2.72. The van der Waals surface area contributed by atoms with Crippen LogP contribution in [0.25, 0.3) is 0 Å². The second kappa shape index (κ2) is 8.54. The number of hydrogen-bond acceptors (Lipinski definition) is 5. The van der Waals surface area contributed by atoms with E-state index in [2.05, 4.69) is 0 Å². The monoisotopic (exact) mass is 397 g/mol. The highest BCUT2D eigenvalue weighted by atomic mass is 35.5. The van der Waals surface area contributed by atoms with E-state index in [1.807, 2.05) is 30.3 Å². The molecule has 0 aliphatic carbocycles. The summed E-state index contributed by atoms with van der Waals surface area (Å²) in [6.07, 6.45) is 0.521. The van der Waals surface area contributed by atoms with Crippen molar-refractivity contribution in [1.29, 1.82) is 0 Å². The van der Waals surface area contributed by atoms with Gasteiger partial charge in [-0.3, -0.25) is 10.1 Å². The minimum Gasteiger partial charge on any atom is -0.490 e. The Hall–Kier alpha value is -3.38. The Labute approximate surface area is 166 Å². The number of rotatable bonds is 6. The van der Waals surface area contributed by atoms with Crippen LogP contribution in [0.4, 0.5) is 5.69 Å². The van der Waals surface area contributed by atoms with Gasteiger partial charge in [0.05, 0.1) is 17.6 Å². The lowest BCUT2D eigenvalue weighted by Crippen LogP contribution is -2.11. The molecule has 0 aromatic heterocycles. The van der Waals surface area contributed by atoms with Crippen molar-refractivity contribution in [2.24, 2.45) is 0 Å². The first-order chi connectivity index (χ1) is 13.5. The Balaban J connectivity index is 1.88. The maximum atomic E-state index is 12.6. The lowest BCUT2D eigenvalue weighted by molar-refractivity contribution is -0.385. The van der Waals surface area contributed by atoms with Crippen LogP contribution in [0.15, 0.2) is 66.7 Å². The summed E-state index contributed by atoms with van der Waals surface area (Å²) < 4.78 is 10.5. The van der Waals surface area contributed by atoms with Crippen LogP contribution in [0, 0.1) is 10.1 Å². The highest BCUT2D eigenvalue weighted by Gasteiger charge is 2.20. The number of nitrogens with zero attached hydrogens (tertiary/aromatic N) is 1. The Bertz CT molecular complexity index is 1020. The molecule has 0 aliphatic rings. The largest absolute Gasteiger partial charge is 0.490 e. The van der Waals surface area contributed by atoms with Crippen molar-refractivity contribution in [3.63, 3.8) is 0 Å². The van der Waals surface area contributed by atoms with Crippen LogP contribution in [0.2, 0.25) is 5.02 Å². The molecule has 142 valence electrons. The van der Waals surface area contributed by atoms with E-state index in [1.54, 1.807) is 18.2 Å². The molecule has 6 nitrogen and oxygen atoms in total. The molecule has 3 aromatic rings. The normalized spacial score (nSPS) is 10.4. The molecule has 0 bridgehead atoms. The van der Waals surface area contributed by atoms with Gasteiger partial charge in [0.15, 0.2) is 5.75 Å². The van der Waals surface area contributed by atoms with Gasteiger partial charge >= 0.3 is 11.7 Å². The van der Waals surface area contributed by atoms with Crippen LogP contribution >= 0.6 is 11.6 Å². The number of nitro groups is 1. The second-order valence-electron chi connectivity index (χ2n) is 5.95. The summed E-state index contributed by atoms with van der Waals surface area (Å²) >= 11 is 6.10. The average Bonchev–Trinajstić information content (AvgIpc) is 2.70. The topological polar surface area (TPSA) is 78.7 Å². The highest BCUT2D eigenvalue weighted by Crippen LogP contribution is 2.30. The van der Waals surface area contributed by atoms with Crippen LogP contribution in [0.1, 0.15) is 21.5 Å². The summed E-state index contributed by atoms with van der Waals surface area (Å²) in [5.74, 6) is -0.295. The molecule has 28 heavy (non-hydrogen) atoms. The first-order valence-electron chi connectivity index (χ1n) is 8.35. The molecule has 0 saturated carbocycles. The lowest BCUT2D eigenvalue weighted by Gasteiger charge is -2.11. The molecule has 0 amide bonds. The number of methoxy groups -OCH3 is 1. The van der Waals surface area contributed by atoms with Crippen molar-refractivity contribution in [2.45, 2.75) is 6.42 Å². The molecular weight excluding hydrogens is 382 g/mol. The molecule has 3 aromatic carbocycles. The standard InChI is InChI=1S/C21H16ClNO5/c1-27-20-9-7-15(13-18(20)23(25)26)21(24)28-19-10-8-17(22)12-16(19)11-14-5-3-2-4-6-14/h2-10,12-13H,11H2,1H3. The summed E-state index contributed by atoms with van der Waals surface area (Å²) in [7, 11) is 1.32. The highest BCUT2D eigenvalue weighted by molar-refractivity contribution is 6.30. The minimum absolute atomic E-state index is 0.0492. The number of nitro benzene ring substituents is 1. The first-order valence-corrected chi connectivity index (χ1v) is 8.72. The molecular formula is C21H16ClNO5. The Morgan fingerprint density at radius 2 is 1.75 bits per heavy atom. The number of ether oxygens (including phenoxy) is 2. The van der Waals surface area contributed by atoms with Gasteiger partial charge in [0, 0.05) is 23.1 Å². The van der Waals surface area contributed by atoms with Crippen molar-refractivity contribution < 1.29 is 19.2 Å². The SMILES string of the molecule is COc1ccc(C(=O)Oc2ccc(Cl)cc2Cc2ccccc2)cc1[N+](=O)[O-]. The van der Waals surface area contributed by atoms with E-state index in [-0.39, 0.29) is 17.0 Å². The van der Waals surface area contributed by atoms with E-state index < -0.39 is 10.9 Å². The van der Waals surface area contributed by atoms with Crippen LogP contribution in [-0.4, -0.2) is 18.0 Å². The van der Waals surface area contributed by atoms with Crippen LogP contribution in [0.5, 0.6) is 11.5 Å². The quantitative estimate of drug-likeness (QED) is 0.251. The Morgan fingerprint density at radius 3 is 2.43 bits per heavy atom. The van der Waals surface area contributed by atoms with Crippen LogP contribution < -0.4 is 9.47 Å². The summed E-state index contributed by atoms with van der Waals surface area (Å²) in [6.45, 7) is 0. The summed E-state index contributed by atoms with van der Waals surface area (Å²) in [5, 5.41) is 11.7. The number of benzene rings is 3. The first kappa shape index (κ1) is 19.4. The molecule has 3 rings (SSSR count). The van der Waals surface area contributed by atoms with Crippen LogP contribution in [-0.2, 0) is 6.42 Å². The second-order valence-corrected chi connectivity index (χ2v) is 6.38. The Kier molecular flexibility index (Phi) is 5.91. The zero-order valence-electron chi connectivity index (χ0n) is 14.9. The predicted octanol–water partition coefficient (Wildman–Crippen LogP) is 5.07. The summed E-state index contributed by atoms with van der Waals surface area (Å²) in [4.78, 5) is 23.1. The number of carbonyl (C=O) groups excluding carboxylic acids is 1. The van der Waals surface area contributed by atoms with Gasteiger partial charge in [-0.25, -0.2) is 4.79 Å². The van der Waals surface area contributed by atoms with Crippen molar-refractivity contribution >= 4 is 23.3 Å². The van der Waals surface area contributed by atoms with Crippen molar-refractivity contribution in [1.82, 2.24) is 0 Å². The van der Waals surface area contributed by atoms with Gasteiger partial charge in [-0.2, -0.15) is 0 Å². The van der Waals surface area contributed by atoms with E-state index in [1.165, 1.54) is 19.2 Å². The summed E-state index contributed by atoms with van der Waals surface area (Å²) in [5.41, 5.74) is 1.50. The third-order valence-corrected chi connectivity index (χ3v) is 4.31. The number of carbonyl (C=O) groups is 1. The van der Waals surface area contributed by atoms with Crippen molar-refractivity contribution in [3.8, 4) is 11.5 Å². The number of esters is 1. The van der Waals surface area contributed by atoms with Gasteiger partial charge in [0.2, 0.25) is 0 Å². The predicted molar refractivity (Wildman–Crippen MR) is 105 cm³/mol. The smallest absolute Gasteiger partial charge is 0.343 e.